The van der Waals surface area contributed by atoms with Gasteiger partial charge in [-0.25, -0.2) is 9.97 Å². The topological polar surface area (TPSA) is 38.9 Å². The molecule has 0 fully saturated rings. The van der Waals surface area contributed by atoms with E-state index in [4.69, 9.17) is 9.40 Å². The van der Waals surface area contributed by atoms with Gasteiger partial charge in [0.2, 0.25) is 5.89 Å². The van der Waals surface area contributed by atoms with Crippen molar-refractivity contribution in [1.29, 1.82) is 0 Å². The van der Waals surface area contributed by atoms with Crippen molar-refractivity contribution in [2.75, 3.05) is 0 Å². The number of hydrogen-bond donors (Lipinski definition) is 0. The lowest BCUT2D eigenvalue weighted by molar-refractivity contribution is 0.620. The van der Waals surface area contributed by atoms with Gasteiger partial charge in [-0.1, -0.05) is 36.4 Å². The summed E-state index contributed by atoms with van der Waals surface area (Å²) in [6.07, 6.45) is 0. The van der Waals surface area contributed by atoms with Crippen molar-refractivity contribution in [2.24, 2.45) is 0 Å². The first-order chi connectivity index (χ1) is 11.4. The van der Waals surface area contributed by atoms with Gasteiger partial charge in [0.1, 0.15) is 5.52 Å². The van der Waals surface area contributed by atoms with Gasteiger partial charge in [0.15, 0.2) is 5.58 Å². The summed E-state index contributed by atoms with van der Waals surface area (Å²) in [5.41, 5.74) is 4.58. The number of pyridine rings is 1. The van der Waals surface area contributed by atoms with Crippen molar-refractivity contribution in [3.8, 4) is 11.5 Å². The fourth-order valence-corrected chi connectivity index (χ4v) is 2.97. The van der Waals surface area contributed by atoms with Crippen molar-refractivity contribution in [3.05, 3.63) is 72.8 Å². The summed E-state index contributed by atoms with van der Waals surface area (Å²) in [5.74, 6) is 0.633. The minimum atomic E-state index is 0.633. The van der Waals surface area contributed by atoms with Crippen molar-refractivity contribution in [2.45, 2.75) is 0 Å². The first-order valence-electron chi connectivity index (χ1n) is 7.53. The molecule has 0 aliphatic carbocycles. The second kappa shape index (κ2) is 4.65. The Labute approximate surface area is 132 Å². The molecule has 0 bridgehead atoms. The molecule has 5 rings (SSSR count). The Balaban J connectivity index is 1.84. The number of hydrogen-bond acceptors (Lipinski definition) is 3. The van der Waals surface area contributed by atoms with E-state index in [2.05, 4.69) is 17.1 Å². The Bertz CT molecular complexity index is 1140. The molecule has 0 aliphatic rings. The van der Waals surface area contributed by atoms with E-state index in [1.807, 2.05) is 60.7 Å². The molecule has 3 aromatic carbocycles. The molecule has 5 aromatic rings. The van der Waals surface area contributed by atoms with Gasteiger partial charge in [-0.3, -0.25) is 0 Å². The number of para-hydroxylation sites is 3. The number of rotatable bonds is 1. The van der Waals surface area contributed by atoms with Crippen LogP contribution >= 0.6 is 0 Å². The normalized spacial score (nSPS) is 11.5. The van der Waals surface area contributed by atoms with Crippen LogP contribution in [0, 0.1) is 0 Å². The highest BCUT2D eigenvalue weighted by atomic mass is 16.3. The maximum absolute atomic E-state index is 5.94. The van der Waals surface area contributed by atoms with Crippen LogP contribution < -0.4 is 0 Å². The molecule has 23 heavy (non-hydrogen) atoms. The monoisotopic (exact) mass is 296 g/mol. The first kappa shape index (κ1) is 12.4. The third-order valence-electron chi connectivity index (χ3n) is 4.08. The molecular formula is C20H12N2O. The Morgan fingerprint density at radius 1 is 0.652 bits per heavy atom. The summed E-state index contributed by atoms with van der Waals surface area (Å²) in [6, 6.07) is 24.1. The lowest BCUT2D eigenvalue weighted by atomic mass is 10.1. The van der Waals surface area contributed by atoms with Gasteiger partial charge in [-0.2, -0.15) is 0 Å². The molecule has 0 unspecified atom stereocenters. The quantitative estimate of drug-likeness (QED) is 0.399. The SMILES string of the molecule is c1ccc2nc3cccc(-c4nc5ccccc5o4)c3cc2c1. The average Bonchev–Trinajstić information content (AvgIpc) is 3.03. The molecule has 0 aliphatic heterocycles. The fourth-order valence-electron chi connectivity index (χ4n) is 2.97. The highest BCUT2D eigenvalue weighted by Gasteiger charge is 2.12. The summed E-state index contributed by atoms with van der Waals surface area (Å²) < 4.78 is 5.94. The van der Waals surface area contributed by atoms with Gasteiger partial charge in [0, 0.05) is 16.3 Å². The van der Waals surface area contributed by atoms with Crippen LogP contribution in [0.15, 0.2) is 77.2 Å². The number of benzene rings is 3. The summed E-state index contributed by atoms with van der Waals surface area (Å²) >= 11 is 0. The predicted octanol–water partition coefficient (Wildman–Crippen LogP) is 5.20. The van der Waals surface area contributed by atoms with Crippen molar-refractivity contribution in [3.63, 3.8) is 0 Å². The molecule has 0 N–H and O–H groups in total. The van der Waals surface area contributed by atoms with Gasteiger partial charge in [-0.05, 0) is 36.4 Å². The molecule has 0 saturated heterocycles. The number of oxazole rings is 1. The van der Waals surface area contributed by atoms with Crippen molar-refractivity contribution < 1.29 is 4.42 Å². The Morgan fingerprint density at radius 3 is 2.35 bits per heavy atom. The van der Waals surface area contributed by atoms with E-state index >= 15 is 0 Å². The van der Waals surface area contributed by atoms with E-state index in [-0.39, 0.29) is 0 Å². The zero-order valence-electron chi connectivity index (χ0n) is 12.2. The molecule has 2 aromatic heterocycles. The summed E-state index contributed by atoms with van der Waals surface area (Å²) in [7, 11) is 0. The fraction of sp³-hybridized carbons (Fsp3) is 0. The van der Waals surface area contributed by atoms with Gasteiger partial charge >= 0.3 is 0 Å². The highest BCUT2D eigenvalue weighted by Crippen LogP contribution is 2.31. The van der Waals surface area contributed by atoms with E-state index in [1.165, 1.54) is 0 Å². The molecule has 0 amide bonds. The van der Waals surface area contributed by atoms with Crippen LogP contribution in [0.3, 0.4) is 0 Å². The van der Waals surface area contributed by atoms with Crippen LogP contribution in [0.1, 0.15) is 0 Å². The van der Waals surface area contributed by atoms with Gasteiger partial charge in [-0.15, -0.1) is 0 Å². The second-order valence-corrected chi connectivity index (χ2v) is 5.54. The maximum atomic E-state index is 5.94. The largest absolute Gasteiger partial charge is 0.436 e. The molecule has 108 valence electrons. The Kier molecular flexibility index (Phi) is 2.50. The third kappa shape index (κ3) is 1.90. The molecule has 3 heteroatoms. The molecule has 0 spiro atoms. The third-order valence-corrected chi connectivity index (χ3v) is 4.08. The molecule has 0 atom stereocenters. The summed E-state index contributed by atoms with van der Waals surface area (Å²) in [4.78, 5) is 9.37. The number of aromatic nitrogens is 2. The molecule has 0 radical (unpaired) electrons. The zero-order chi connectivity index (χ0) is 15.2. The van der Waals surface area contributed by atoms with Crippen LogP contribution in [-0.2, 0) is 0 Å². The minimum absolute atomic E-state index is 0.633. The standard InChI is InChI=1S/C20H12N2O/c1-2-8-16-13(6-1)12-15-14(7-5-10-17(15)21-16)20-22-18-9-3-4-11-19(18)23-20/h1-12H. The lowest BCUT2D eigenvalue weighted by Crippen LogP contribution is -1.86. The van der Waals surface area contributed by atoms with Crippen LogP contribution in [0.25, 0.3) is 44.4 Å². The minimum Gasteiger partial charge on any atom is -0.436 e. The Hall–Kier alpha value is -3.20. The summed E-state index contributed by atoms with van der Waals surface area (Å²) in [5, 5.41) is 2.17. The molecule has 3 nitrogen and oxygen atoms in total. The molecule has 0 saturated carbocycles. The molecule has 2 heterocycles. The number of nitrogens with zero attached hydrogens (tertiary/aromatic N) is 2. The van der Waals surface area contributed by atoms with Gasteiger partial charge in [0.05, 0.1) is 11.0 Å². The predicted molar refractivity (Wildman–Crippen MR) is 92.3 cm³/mol. The first-order valence-corrected chi connectivity index (χ1v) is 7.53. The smallest absolute Gasteiger partial charge is 0.227 e. The van der Waals surface area contributed by atoms with E-state index in [1.54, 1.807) is 0 Å². The van der Waals surface area contributed by atoms with Crippen LogP contribution in [0.4, 0.5) is 0 Å². The second-order valence-electron chi connectivity index (χ2n) is 5.54. The average molecular weight is 296 g/mol. The Morgan fingerprint density at radius 2 is 1.43 bits per heavy atom. The van der Waals surface area contributed by atoms with Crippen molar-refractivity contribution >= 4 is 32.9 Å². The van der Waals surface area contributed by atoms with Crippen molar-refractivity contribution in [1.82, 2.24) is 9.97 Å². The van der Waals surface area contributed by atoms with Gasteiger partial charge < -0.3 is 4.42 Å². The highest BCUT2D eigenvalue weighted by molar-refractivity contribution is 6.00. The van der Waals surface area contributed by atoms with E-state index in [9.17, 15) is 0 Å². The molecular weight excluding hydrogens is 284 g/mol. The van der Waals surface area contributed by atoms with E-state index in [0.29, 0.717) is 5.89 Å². The zero-order valence-corrected chi connectivity index (χ0v) is 12.2. The van der Waals surface area contributed by atoms with Crippen LogP contribution in [0.2, 0.25) is 0 Å². The number of fused-ring (bicyclic) bond motifs is 3. The summed E-state index contributed by atoms with van der Waals surface area (Å²) in [6.45, 7) is 0. The van der Waals surface area contributed by atoms with E-state index in [0.717, 1.165) is 38.5 Å². The lowest BCUT2D eigenvalue weighted by Gasteiger charge is -2.05. The van der Waals surface area contributed by atoms with Crippen LogP contribution in [-0.4, -0.2) is 9.97 Å². The maximum Gasteiger partial charge on any atom is 0.227 e. The van der Waals surface area contributed by atoms with Crippen LogP contribution in [0.5, 0.6) is 0 Å². The van der Waals surface area contributed by atoms with Gasteiger partial charge in [0.25, 0.3) is 0 Å². The van der Waals surface area contributed by atoms with E-state index < -0.39 is 0 Å².